The lowest BCUT2D eigenvalue weighted by Crippen LogP contribution is -2.56. The molecule has 0 aromatic heterocycles. The van der Waals surface area contributed by atoms with Crippen LogP contribution in [0.4, 0.5) is 0 Å². The number of nitrogens with zero attached hydrogens (tertiary/aromatic N) is 1. The number of rotatable bonds is 5. The molecule has 42 heavy (non-hydrogen) atoms. The minimum atomic E-state index is -1.13. The number of likely N-dealkylation sites (N-methyl/N-ethyl adjacent to an activating group) is 1. The number of hydrogen-bond acceptors (Lipinski definition) is 7. The molecule has 7 nitrogen and oxygen atoms in total. The third kappa shape index (κ3) is 4.33. The van der Waals surface area contributed by atoms with Gasteiger partial charge in [0.05, 0.1) is 30.5 Å². The van der Waals surface area contributed by atoms with Crippen molar-refractivity contribution in [1.82, 2.24) is 4.90 Å². The second kappa shape index (κ2) is 9.88. The van der Waals surface area contributed by atoms with Gasteiger partial charge in [-0.05, 0) is 130 Å². The van der Waals surface area contributed by atoms with Crippen LogP contribution in [-0.2, 0) is 23.7 Å². The molecular weight excluding hydrogens is 530 g/mol. The monoisotopic (exact) mass is 587 g/mol. The van der Waals surface area contributed by atoms with Crippen LogP contribution in [0.1, 0.15) is 106 Å². The Morgan fingerprint density at radius 2 is 1.76 bits per heavy atom. The maximum absolute atomic E-state index is 11.9. The van der Waals surface area contributed by atoms with Crippen LogP contribution in [0.2, 0.25) is 0 Å². The molecule has 1 N–H and O–H groups in total. The quantitative estimate of drug-likeness (QED) is 0.422. The van der Waals surface area contributed by atoms with Crippen molar-refractivity contribution in [3.05, 3.63) is 0 Å². The molecule has 5 saturated carbocycles. The molecule has 0 bridgehead atoms. The van der Waals surface area contributed by atoms with E-state index in [1.165, 1.54) is 45.4 Å². The lowest BCUT2D eigenvalue weighted by Gasteiger charge is -2.60. The summed E-state index contributed by atoms with van der Waals surface area (Å²) in [7, 11) is 2.17. The molecule has 0 radical (unpaired) electrons. The molecule has 0 amide bonds. The molecule has 9 unspecified atom stereocenters. The van der Waals surface area contributed by atoms with Gasteiger partial charge in [0.2, 0.25) is 0 Å². The fraction of sp³-hybridized carbons (Fsp3) is 0.971. The minimum absolute atomic E-state index is 0.0931. The summed E-state index contributed by atoms with van der Waals surface area (Å²) in [6, 6.07) is 0. The highest BCUT2D eigenvalue weighted by Gasteiger charge is 2.80. The van der Waals surface area contributed by atoms with Crippen molar-refractivity contribution in [1.29, 1.82) is 0 Å². The largest absolute Gasteiger partial charge is 0.457 e. The number of carbonyl (C=O) groups is 1. The third-order valence-corrected chi connectivity index (χ3v) is 14.4. The Morgan fingerprint density at radius 1 is 1.00 bits per heavy atom. The van der Waals surface area contributed by atoms with E-state index in [1.807, 2.05) is 0 Å². The maximum Gasteiger partial charge on any atom is 0.303 e. The fourth-order valence-electron chi connectivity index (χ4n) is 12.6. The van der Waals surface area contributed by atoms with Crippen molar-refractivity contribution >= 4 is 5.97 Å². The maximum atomic E-state index is 11.9. The fourth-order valence-corrected chi connectivity index (χ4v) is 12.6. The normalized spacial score (nSPS) is 50.4. The average molecular weight is 588 g/mol. The van der Waals surface area contributed by atoms with E-state index in [-0.39, 0.29) is 36.0 Å². The molecule has 7 rings (SSSR count). The first kappa shape index (κ1) is 30.0. The topological polar surface area (TPSA) is 77.5 Å². The highest BCUT2D eigenvalue weighted by molar-refractivity contribution is 5.66. The number of fused-ring (bicyclic) bond motifs is 4. The zero-order valence-electron chi connectivity index (χ0n) is 27.3. The van der Waals surface area contributed by atoms with E-state index in [9.17, 15) is 9.90 Å². The number of morpholine rings is 1. The van der Waals surface area contributed by atoms with Gasteiger partial charge in [-0.25, -0.2) is 0 Å². The molecule has 5 aliphatic carbocycles. The van der Waals surface area contributed by atoms with Crippen LogP contribution in [0, 0.1) is 45.3 Å². The molecular formula is C35H57NO6. The van der Waals surface area contributed by atoms with E-state index >= 15 is 0 Å². The Kier molecular flexibility index (Phi) is 7.05. The van der Waals surface area contributed by atoms with Gasteiger partial charge in [-0.15, -0.1) is 0 Å². The van der Waals surface area contributed by atoms with Gasteiger partial charge in [-0.1, -0.05) is 20.8 Å². The first-order chi connectivity index (χ1) is 19.7. The molecule has 7 heteroatoms. The predicted molar refractivity (Wildman–Crippen MR) is 160 cm³/mol. The Balaban J connectivity index is 1.08. The lowest BCUT2D eigenvalue weighted by molar-refractivity contribution is -0.243. The van der Waals surface area contributed by atoms with Gasteiger partial charge in [-0.3, -0.25) is 9.69 Å². The van der Waals surface area contributed by atoms with Crippen LogP contribution in [0.15, 0.2) is 0 Å². The van der Waals surface area contributed by atoms with Gasteiger partial charge in [-0.2, -0.15) is 0 Å². The Hall–Kier alpha value is -0.730. The van der Waals surface area contributed by atoms with E-state index in [1.54, 1.807) is 13.8 Å². The average Bonchev–Trinajstić information content (AvgIpc) is 3.48. The molecule has 2 spiro atoms. The van der Waals surface area contributed by atoms with Gasteiger partial charge < -0.3 is 24.1 Å². The lowest BCUT2D eigenvalue weighted by atomic mass is 9.46. The summed E-state index contributed by atoms with van der Waals surface area (Å²) in [5.74, 6) is 2.45. The Morgan fingerprint density at radius 3 is 2.48 bits per heavy atom. The van der Waals surface area contributed by atoms with Crippen LogP contribution >= 0.6 is 0 Å². The van der Waals surface area contributed by atoms with Crippen LogP contribution in [0.5, 0.6) is 0 Å². The number of hydrogen-bond donors (Lipinski definition) is 1. The molecule has 12 atom stereocenters. The molecule has 0 aromatic carbocycles. The van der Waals surface area contributed by atoms with Crippen LogP contribution in [0.3, 0.4) is 0 Å². The Bertz CT molecular complexity index is 1070. The first-order valence-electron chi connectivity index (χ1n) is 17.2. The molecule has 7 fully saturated rings. The molecule has 0 aromatic rings. The van der Waals surface area contributed by atoms with E-state index in [2.05, 4.69) is 32.7 Å². The van der Waals surface area contributed by atoms with E-state index in [0.29, 0.717) is 28.1 Å². The number of ether oxygens (including phenoxy) is 4. The van der Waals surface area contributed by atoms with Gasteiger partial charge in [0.15, 0.2) is 12.4 Å². The smallest absolute Gasteiger partial charge is 0.303 e. The zero-order valence-corrected chi connectivity index (χ0v) is 27.3. The highest BCUT2D eigenvalue weighted by Crippen LogP contribution is 2.87. The Labute approximate surface area is 253 Å². The van der Waals surface area contributed by atoms with E-state index < -0.39 is 11.7 Å². The molecule has 7 aliphatic rings. The predicted octanol–water partition coefficient (Wildman–Crippen LogP) is 5.57. The van der Waals surface area contributed by atoms with E-state index in [4.69, 9.17) is 18.9 Å². The SMILES string of the molecule is CC(=O)O[C@@H](C1CCC2C(CC3C4CCC5C(C)(C)[C@@H](OC6CN(C)CCO6)CCC56C[C@@]46CCC23C)O1)C(C)(C)O. The number of aliphatic hydroxyl groups is 1. The van der Waals surface area contributed by atoms with Crippen molar-refractivity contribution in [2.45, 2.75) is 142 Å². The standard InChI is InChI=1S/C35H57NO6/c1-21(37)40-30(32(4,5)38)25-10-8-23-26(41-25)18-24-22-9-11-27-31(2,3)28(42-29-19-36(7)16-17-39-29)12-13-35(27)20-34(22,35)15-14-33(23,24)6/h22-30,38H,8-20H2,1-7H3/t22?,23?,24?,25?,26?,27?,28-,29?,30-,33?,34-,35?/m0/s1. The minimum Gasteiger partial charge on any atom is -0.457 e. The van der Waals surface area contributed by atoms with Crippen molar-refractivity contribution in [2.24, 2.45) is 45.3 Å². The summed E-state index contributed by atoms with van der Waals surface area (Å²) < 4.78 is 25.3. The van der Waals surface area contributed by atoms with Crippen LogP contribution < -0.4 is 0 Å². The molecule has 2 saturated heterocycles. The van der Waals surface area contributed by atoms with Crippen molar-refractivity contribution in [3.8, 4) is 0 Å². The summed E-state index contributed by atoms with van der Waals surface area (Å²) in [5.41, 5.74) is 0.354. The van der Waals surface area contributed by atoms with Gasteiger partial charge in [0.1, 0.15) is 0 Å². The second-order valence-electron chi connectivity index (χ2n) is 17.2. The summed E-state index contributed by atoms with van der Waals surface area (Å²) in [6.45, 7) is 15.1. The van der Waals surface area contributed by atoms with E-state index in [0.717, 1.165) is 57.2 Å². The first-order valence-corrected chi connectivity index (χ1v) is 17.2. The van der Waals surface area contributed by atoms with Crippen LogP contribution in [0.25, 0.3) is 0 Å². The zero-order chi connectivity index (χ0) is 29.9. The van der Waals surface area contributed by atoms with Crippen molar-refractivity contribution in [3.63, 3.8) is 0 Å². The highest BCUT2D eigenvalue weighted by atomic mass is 16.7. The van der Waals surface area contributed by atoms with Gasteiger partial charge in [0.25, 0.3) is 0 Å². The summed E-state index contributed by atoms with van der Waals surface area (Å²) in [5, 5.41) is 10.9. The molecule has 2 aliphatic heterocycles. The second-order valence-corrected chi connectivity index (χ2v) is 17.2. The van der Waals surface area contributed by atoms with Gasteiger partial charge in [0, 0.05) is 20.0 Å². The summed E-state index contributed by atoms with van der Waals surface area (Å²) in [6.07, 6.45) is 11.9. The van der Waals surface area contributed by atoms with Crippen LogP contribution in [-0.4, -0.2) is 79.0 Å². The number of carbonyl (C=O) groups excluding carboxylic acids is 1. The molecule has 2 heterocycles. The van der Waals surface area contributed by atoms with Crippen molar-refractivity contribution in [2.75, 3.05) is 26.7 Å². The summed E-state index contributed by atoms with van der Waals surface area (Å²) >= 11 is 0. The molecule has 238 valence electrons. The van der Waals surface area contributed by atoms with Gasteiger partial charge >= 0.3 is 5.97 Å². The van der Waals surface area contributed by atoms with Crippen molar-refractivity contribution < 1.29 is 28.8 Å². The summed E-state index contributed by atoms with van der Waals surface area (Å²) in [4.78, 5) is 14.2. The third-order valence-electron chi connectivity index (χ3n) is 14.4. The number of esters is 1.